The van der Waals surface area contributed by atoms with Gasteiger partial charge in [0.1, 0.15) is 9.59 Å². The van der Waals surface area contributed by atoms with Gasteiger partial charge in [0.25, 0.3) is 0 Å². The summed E-state index contributed by atoms with van der Waals surface area (Å²) in [6.45, 7) is -0.207. The second-order valence-corrected chi connectivity index (χ2v) is 6.51. The van der Waals surface area contributed by atoms with E-state index in [9.17, 15) is 17.1 Å². The summed E-state index contributed by atoms with van der Waals surface area (Å²) in [4.78, 5) is 16.4. The molecule has 1 atom stereocenters. The Morgan fingerprint density at radius 3 is 2.75 bits per heavy atom. The number of hydrogen-bond donors (Lipinski definition) is 0. The van der Waals surface area contributed by atoms with Gasteiger partial charge in [-0.2, -0.15) is 8.42 Å². The van der Waals surface area contributed by atoms with Crippen molar-refractivity contribution in [2.45, 2.75) is 11.7 Å². The van der Waals surface area contributed by atoms with Crippen molar-refractivity contribution in [3.05, 3.63) is 10.5 Å². The SMILES string of the molecule is O=C1CC(S(=O)(=O)F)CN1c1ncc(Cl)s1. The fourth-order valence-corrected chi connectivity index (χ4v) is 3.02. The highest BCUT2D eigenvalue weighted by molar-refractivity contribution is 7.87. The van der Waals surface area contributed by atoms with Gasteiger partial charge in [0.2, 0.25) is 5.91 Å². The highest BCUT2D eigenvalue weighted by Crippen LogP contribution is 2.31. The Kier molecular flexibility index (Phi) is 2.89. The van der Waals surface area contributed by atoms with Crippen LogP contribution in [0.25, 0.3) is 0 Å². The van der Waals surface area contributed by atoms with Crippen LogP contribution in [0, 0.1) is 0 Å². The van der Waals surface area contributed by atoms with Crippen molar-refractivity contribution >= 4 is 44.2 Å². The number of thiazole rings is 1. The van der Waals surface area contributed by atoms with Crippen molar-refractivity contribution in [3.8, 4) is 0 Å². The second-order valence-electron chi connectivity index (χ2n) is 3.25. The van der Waals surface area contributed by atoms with Crippen molar-refractivity contribution < 1.29 is 17.1 Å². The fourth-order valence-electron chi connectivity index (χ4n) is 1.42. The number of carbonyl (C=O) groups excluding carboxylic acids is 1. The van der Waals surface area contributed by atoms with Crippen LogP contribution >= 0.6 is 22.9 Å². The maximum atomic E-state index is 12.7. The molecule has 9 heteroatoms. The van der Waals surface area contributed by atoms with E-state index in [1.54, 1.807) is 0 Å². The van der Waals surface area contributed by atoms with Crippen LogP contribution < -0.4 is 4.90 Å². The highest BCUT2D eigenvalue weighted by atomic mass is 35.5. The molecule has 0 bridgehead atoms. The molecule has 5 nitrogen and oxygen atoms in total. The minimum absolute atomic E-state index is 0.207. The third-order valence-corrected chi connectivity index (χ3v) is 4.43. The van der Waals surface area contributed by atoms with Crippen molar-refractivity contribution in [1.29, 1.82) is 0 Å². The number of aromatic nitrogens is 1. The molecule has 1 aromatic heterocycles. The summed E-state index contributed by atoms with van der Waals surface area (Å²) in [5.41, 5.74) is 0. The van der Waals surface area contributed by atoms with E-state index < -0.39 is 21.4 Å². The van der Waals surface area contributed by atoms with Gasteiger partial charge in [-0.3, -0.25) is 9.69 Å². The molecule has 1 fully saturated rings. The summed E-state index contributed by atoms with van der Waals surface area (Å²) in [6, 6.07) is 0. The van der Waals surface area contributed by atoms with Gasteiger partial charge in [0, 0.05) is 13.0 Å². The number of carbonyl (C=O) groups is 1. The quantitative estimate of drug-likeness (QED) is 0.766. The molecule has 88 valence electrons. The van der Waals surface area contributed by atoms with Crippen LogP contribution in [0.3, 0.4) is 0 Å². The second kappa shape index (κ2) is 3.94. The van der Waals surface area contributed by atoms with Gasteiger partial charge in [-0.15, -0.1) is 3.89 Å². The van der Waals surface area contributed by atoms with Gasteiger partial charge >= 0.3 is 10.2 Å². The number of rotatable bonds is 2. The lowest BCUT2D eigenvalue weighted by atomic mass is 10.4. The predicted molar refractivity (Wildman–Crippen MR) is 57.9 cm³/mol. The standard InChI is InChI=1S/C7H6ClFN2O3S2/c8-5-2-10-7(15-5)11-3-4(1-6(11)12)16(9,13)14/h2,4H,1,3H2. The smallest absolute Gasteiger partial charge is 0.287 e. The summed E-state index contributed by atoms with van der Waals surface area (Å²) in [5.74, 6) is -0.461. The van der Waals surface area contributed by atoms with Crippen LogP contribution in [0.15, 0.2) is 6.20 Å². The monoisotopic (exact) mass is 284 g/mol. The van der Waals surface area contributed by atoms with E-state index in [1.807, 2.05) is 0 Å². The summed E-state index contributed by atoms with van der Waals surface area (Å²) in [5, 5.41) is -1.01. The lowest BCUT2D eigenvalue weighted by molar-refractivity contribution is -0.117. The van der Waals surface area contributed by atoms with E-state index in [-0.39, 0.29) is 13.0 Å². The lowest BCUT2D eigenvalue weighted by Gasteiger charge is -2.10. The molecule has 0 aromatic carbocycles. The van der Waals surface area contributed by atoms with Gasteiger partial charge in [-0.1, -0.05) is 22.9 Å². The molecule has 1 aliphatic rings. The molecule has 2 heterocycles. The summed E-state index contributed by atoms with van der Waals surface area (Å²) < 4.78 is 34.4. The Bertz CT molecular complexity index is 529. The third-order valence-electron chi connectivity index (χ3n) is 2.18. The molecule has 0 spiro atoms. The van der Waals surface area contributed by atoms with Gasteiger partial charge < -0.3 is 0 Å². The number of amides is 1. The van der Waals surface area contributed by atoms with Gasteiger partial charge in [0.05, 0.1) is 6.20 Å². The Labute approximate surface area is 100 Å². The van der Waals surface area contributed by atoms with Crippen molar-refractivity contribution in [2.75, 3.05) is 11.4 Å². The van der Waals surface area contributed by atoms with E-state index in [4.69, 9.17) is 11.6 Å². The summed E-state index contributed by atoms with van der Waals surface area (Å²) in [7, 11) is -4.69. The van der Waals surface area contributed by atoms with Crippen molar-refractivity contribution in [3.63, 3.8) is 0 Å². The minimum Gasteiger partial charge on any atom is -0.287 e. The van der Waals surface area contributed by atoms with E-state index in [0.29, 0.717) is 9.47 Å². The first-order chi connectivity index (χ1) is 7.38. The van der Waals surface area contributed by atoms with Gasteiger partial charge in [-0.25, -0.2) is 4.98 Å². The number of hydrogen-bond acceptors (Lipinski definition) is 5. The number of anilines is 1. The lowest BCUT2D eigenvalue weighted by Crippen LogP contribution is -2.26. The zero-order chi connectivity index (χ0) is 11.9. The van der Waals surface area contributed by atoms with E-state index in [1.165, 1.54) is 6.20 Å². The molecule has 1 aromatic rings. The van der Waals surface area contributed by atoms with Crippen molar-refractivity contribution in [2.24, 2.45) is 0 Å². The molecular formula is C7H6ClFN2O3S2. The Hall–Kier alpha value is -0.730. The predicted octanol–water partition coefficient (Wildman–Crippen LogP) is 1.20. The third kappa shape index (κ3) is 2.18. The molecule has 1 amide bonds. The molecule has 16 heavy (non-hydrogen) atoms. The molecule has 2 rings (SSSR count). The Morgan fingerprint density at radius 1 is 1.62 bits per heavy atom. The zero-order valence-corrected chi connectivity index (χ0v) is 10.1. The largest absolute Gasteiger partial charge is 0.307 e. The molecule has 0 N–H and O–H groups in total. The summed E-state index contributed by atoms with van der Waals surface area (Å²) in [6.07, 6.45) is 1.00. The van der Waals surface area contributed by atoms with Crippen LogP contribution in [0.5, 0.6) is 0 Å². The van der Waals surface area contributed by atoms with Crippen LogP contribution in [-0.4, -0.2) is 31.1 Å². The average molecular weight is 285 g/mol. The molecule has 0 radical (unpaired) electrons. The fraction of sp³-hybridized carbons (Fsp3) is 0.429. The summed E-state index contributed by atoms with van der Waals surface area (Å²) >= 11 is 6.68. The molecule has 1 aliphatic heterocycles. The van der Waals surface area contributed by atoms with Crippen LogP contribution in [0.4, 0.5) is 9.02 Å². The zero-order valence-electron chi connectivity index (χ0n) is 7.76. The highest BCUT2D eigenvalue weighted by Gasteiger charge is 2.40. The number of nitrogens with zero attached hydrogens (tertiary/aromatic N) is 2. The van der Waals surface area contributed by atoms with Crippen LogP contribution in [0.1, 0.15) is 6.42 Å². The molecular weight excluding hydrogens is 279 g/mol. The molecule has 0 aliphatic carbocycles. The molecule has 1 unspecified atom stereocenters. The first kappa shape index (κ1) is 11.7. The normalized spacial score (nSPS) is 21.8. The van der Waals surface area contributed by atoms with Crippen LogP contribution in [-0.2, 0) is 15.0 Å². The van der Waals surface area contributed by atoms with Gasteiger partial charge in [0.15, 0.2) is 5.13 Å². The van der Waals surface area contributed by atoms with Crippen molar-refractivity contribution in [1.82, 2.24) is 4.98 Å². The average Bonchev–Trinajstić information content (AvgIpc) is 2.70. The Morgan fingerprint density at radius 2 is 2.31 bits per heavy atom. The van der Waals surface area contributed by atoms with E-state index in [0.717, 1.165) is 16.2 Å². The van der Waals surface area contributed by atoms with Gasteiger partial charge in [-0.05, 0) is 0 Å². The van der Waals surface area contributed by atoms with E-state index in [2.05, 4.69) is 4.98 Å². The Balaban J connectivity index is 2.24. The molecule has 1 saturated heterocycles. The topological polar surface area (TPSA) is 67.3 Å². The first-order valence-corrected chi connectivity index (χ1v) is 6.87. The van der Waals surface area contributed by atoms with E-state index >= 15 is 0 Å². The van der Waals surface area contributed by atoms with Crippen LogP contribution in [0.2, 0.25) is 4.34 Å². The number of halogens is 2. The minimum atomic E-state index is -4.69. The maximum absolute atomic E-state index is 12.7. The first-order valence-electron chi connectivity index (χ1n) is 4.23. The molecule has 0 saturated carbocycles. The maximum Gasteiger partial charge on any atom is 0.307 e.